The van der Waals surface area contributed by atoms with Gasteiger partial charge in [-0.2, -0.15) is 13.2 Å². The van der Waals surface area contributed by atoms with E-state index < -0.39 is 29.3 Å². The van der Waals surface area contributed by atoms with Gasteiger partial charge in [-0.25, -0.2) is 9.79 Å². The second-order valence-electron chi connectivity index (χ2n) is 9.79. The minimum absolute atomic E-state index is 0.142. The maximum atomic E-state index is 13.9. The fourth-order valence-electron chi connectivity index (χ4n) is 4.72. The summed E-state index contributed by atoms with van der Waals surface area (Å²) in [5.74, 6) is 0.418. The second-order valence-corrected chi connectivity index (χ2v) is 10.8. The number of rotatable bonds is 7. The molecule has 7 nitrogen and oxygen atoms in total. The van der Waals surface area contributed by atoms with Gasteiger partial charge in [-0.05, 0) is 58.0 Å². The van der Waals surface area contributed by atoms with Crippen molar-refractivity contribution >= 4 is 23.4 Å². The average molecular weight is 597 g/mol. The van der Waals surface area contributed by atoms with Crippen molar-refractivity contribution in [3.05, 3.63) is 109 Å². The van der Waals surface area contributed by atoms with Crippen LogP contribution in [0.1, 0.15) is 50.6 Å². The summed E-state index contributed by atoms with van der Waals surface area (Å²) >= 11 is 1.11. The lowest BCUT2D eigenvalue weighted by molar-refractivity contribution is -0.139. The first-order valence-electron chi connectivity index (χ1n) is 13.2. The summed E-state index contributed by atoms with van der Waals surface area (Å²) < 4.78 is 58.5. The molecule has 1 aliphatic heterocycles. The lowest BCUT2D eigenvalue weighted by Crippen LogP contribution is -2.40. The van der Waals surface area contributed by atoms with Crippen molar-refractivity contribution in [3.8, 4) is 17.1 Å². The number of esters is 1. The first-order chi connectivity index (χ1) is 20.0. The molecular weight excluding hydrogens is 569 g/mol. The number of aromatic nitrogens is 1. The molecule has 0 spiro atoms. The summed E-state index contributed by atoms with van der Waals surface area (Å²) in [7, 11) is 0. The minimum Gasteiger partial charge on any atom is -0.491 e. The lowest BCUT2D eigenvalue weighted by Gasteiger charge is -2.26. The van der Waals surface area contributed by atoms with Crippen molar-refractivity contribution in [2.75, 3.05) is 6.61 Å². The Morgan fingerprint density at radius 2 is 1.90 bits per heavy atom. The van der Waals surface area contributed by atoms with Crippen LogP contribution in [-0.2, 0) is 15.7 Å². The predicted octanol–water partition coefficient (Wildman–Crippen LogP) is 5.86. The standard InChI is InChI=1S/C31H27F3N2O5S/c1-5-39-29(38)26-18(4)35-30-36(27(26)22-11-6-7-12-24(22)40-17(2)3)28(37)25(42-30)16-21-13-14-23(41-21)19-9-8-10-20(15-19)31(32,33)34/h6-17,27H,5H2,1-4H3/b25-16-/t27-/m1/s1. The number of carbonyl (C=O) groups excluding carboxylic acids is 1. The molecule has 0 aliphatic carbocycles. The van der Waals surface area contributed by atoms with E-state index in [1.165, 1.54) is 22.8 Å². The third-order valence-corrected chi connectivity index (χ3v) is 7.45. The molecule has 11 heteroatoms. The number of nitrogens with zero attached hydrogens (tertiary/aromatic N) is 2. The van der Waals surface area contributed by atoms with Crippen LogP contribution in [0.5, 0.6) is 5.75 Å². The Balaban J connectivity index is 1.63. The van der Waals surface area contributed by atoms with Gasteiger partial charge in [0.15, 0.2) is 4.80 Å². The number of furan rings is 1. The largest absolute Gasteiger partial charge is 0.491 e. The molecule has 0 fully saturated rings. The highest BCUT2D eigenvalue weighted by atomic mass is 32.1. The first-order valence-corrected chi connectivity index (χ1v) is 14.0. The van der Waals surface area contributed by atoms with Gasteiger partial charge in [0, 0.05) is 17.2 Å². The highest BCUT2D eigenvalue weighted by Crippen LogP contribution is 2.36. The zero-order valence-electron chi connectivity index (χ0n) is 23.2. The van der Waals surface area contributed by atoms with Gasteiger partial charge in [0.1, 0.15) is 23.3 Å². The Morgan fingerprint density at radius 1 is 1.14 bits per heavy atom. The molecule has 42 heavy (non-hydrogen) atoms. The Labute approximate surface area is 242 Å². The van der Waals surface area contributed by atoms with Crippen molar-refractivity contribution in [1.82, 2.24) is 4.57 Å². The van der Waals surface area contributed by atoms with Crippen LogP contribution in [0, 0.1) is 0 Å². The van der Waals surface area contributed by atoms with Crippen molar-refractivity contribution in [3.63, 3.8) is 0 Å². The molecule has 4 aromatic rings. The number of ether oxygens (including phenoxy) is 2. The van der Waals surface area contributed by atoms with Gasteiger partial charge >= 0.3 is 12.1 Å². The Bertz CT molecular complexity index is 1860. The van der Waals surface area contributed by atoms with Crippen LogP contribution in [0.25, 0.3) is 17.4 Å². The van der Waals surface area contributed by atoms with Crippen molar-refractivity contribution in [2.45, 2.75) is 46.0 Å². The van der Waals surface area contributed by atoms with E-state index in [4.69, 9.17) is 13.9 Å². The van der Waals surface area contributed by atoms with Crippen LogP contribution in [0.4, 0.5) is 13.2 Å². The van der Waals surface area contributed by atoms with E-state index in [0.717, 1.165) is 23.5 Å². The number of carbonyl (C=O) groups is 1. The van der Waals surface area contributed by atoms with E-state index in [0.29, 0.717) is 21.8 Å². The molecule has 0 unspecified atom stereocenters. The number of para-hydroxylation sites is 1. The minimum atomic E-state index is -4.49. The second kappa shape index (κ2) is 11.5. The van der Waals surface area contributed by atoms with Crippen molar-refractivity contribution in [2.24, 2.45) is 4.99 Å². The van der Waals surface area contributed by atoms with Crippen LogP contribution >= 0.6 is 11.3 Å². The summed E-state index contributed by atoms with van der Waals surface area (Å²) in [4.78, 5) is 32.0. The van der Waals surface area contributed by atoms with Crippen LogP contribution in [0.15, 0.2) is 86.1 Å². The van der Waals surface area contributed by atoms with Gasteiger partial charge in [-0.1, -0.05) is 41.7 Å². The van der Waals surface area contributed by atoms with Gasteiger partial charge in [0.25, 0.3) is 5.56 Å². The molecule has 0 bridgehead atoms. The molecular formula is C31H27F3N2O5S. The topological polar surface area (TPSA) is 83.0 Å². The third-order valence-electron chi connectivity index (χ3n) is 6.47. The third kappa shape index (κ3) is 5.69. The summed E-state index contributed by atoms with van der Waals surface area (Å²) in [5, 5.41) is 0. The summed E-state index contributed by atoms with van der Waals surface area (Å²) in [6.07, 6.45) is -3.14. The van der Waals surface area contributed by atoms with Gasteiger partial charge in [-0.15, -0.1) is 0 Å². The van der Waals surface area contributed by atoms with Crippen molar-refractivity contribution < 1.29 is 31.9 Å². The molecule has 0 amide bonds. The monoisotopic (exact) mass is 596 g/mol. The number of alkyl halides is 3. The zero-order valence-corrected chi connectivity index (χ0v) is 24.0. The molecule has 0 saturated carbocycles. The molecule has 0 radical (unpaired) electrons. The van der Waals surface area contributed by atoms with Gasteiger partial charge < -0.3 is 13.9 Å². The van der Waals surface area contributed by atoms with E-state index in [1.54, 1.807) is 44.2 Å². The maximum Gasteiger partial charge on any atom is 0.416 e. The SMILES string of the molecule is CCOC(=O)C1=C(C)N=c2s/c(=C\c3ccc(-c4cccc(C(F)(F)F)c4)o3)c(=O)n2[C@@H]1c1ccccc1OC(C)C. The van der Waals surface area contributed by atoms with Gasteiger partial charge in [0.2, 0.25) is 0 Å². The number of halogens is 3. The number of benzene rings is 2. The van der Waals surface area contributed by atoms with Crippen LogP contribution in [0.2, 0.25) is 0 Å². The van der Waals surface area contributed by atoms with E-state index >= 15 is 0 Å². The molecule has 0 saturated heterocycles. The zero-order chi connectivity index (χ0) is 30.2. The number of hydrogen-bond donors (Lipinski definition) is 0. The summed E-state index contributed by atoms with van der Waals surface area (Å²) in [6, 6.07) is 14.3. The fourth-order valence-corrected chi connectivity index (χ4v) is 5.74. The Hall–Kier alpha value is -4.38. The fraction of sp³-hybridized carbons (Fsp3) is 0.258. The smallest absolute Gasteiger partial charge is 0.416 e. The van der Waals surface area contributed by atoms with E-state index in [9.17, 15) is 22.8 Å². The average Bonchev–Trinajstić information content (AvgIpc) is 3.52. The first kappa shape index (κ1) is 29.1. The summed E-state index contributed by atoms with van der Waals surface area (Å²) in [5.41, 5.74) is 0.273. The molecule has 1 aliphatic rings. The number of hydrogen-bond acceptors (Lipinski definition) is 7. The summed E-state index contributed by atoms with van der Waals surface area (Å²) in [6.45, 7) is 7.30. The van der Waals surface area contributed by atoms with E-state index in [1.807, 2.05) is 19.9 Å². The molecule has 218 valence electrons. The molecule has 5 rings (SSSR count). The molecule has 2 aromatic heterocycles. The highest BCUT2D eigenvalue weighted by molar-refractivity contribution is 7.07. The van der Waals surface area contributed by atoms with E-state index in [2.05, 4.69) is 4.99 Å². The molecule has 3 heterocycles. The van der Waals surface area contributed by atoms with Crippen LogP contribution < -0.4 is 19.6 Å². The number of allylic oxidation sites excluding steroid dienone is 1. The van der Waals surface area contributed by atoms with E-state index in [-0.39, 0.29) is 39.9 Å². The number of thiazole rings is 1. The maximum absolute atomic E-state index is 13.9. The molecule has 0 N–H and O–H groups in total. The number of fused-ring (bicyclic) bond motifs is 1. The highest BCUT2D eigenvalue weighted by Gasteiger charge is 2.35. The van der Waals surface area contributed by atoms with Crippen LogP contribution in [-0.4, -0.2) is 23.2 Å². The Morgan fingerprint density at radius 3 is 2.62 bits per heavy atom. The van der Waals surface area contributed by atoms with Gasteiger partial charge in [-0.3, -0.25) is 9.36 Å². The lowest BCUT2D eigenvalue weighted by atomic mass is 9.95. The molecule has 2 aromatic carbocycles. The van der Waals surface area contributed by atoms with Crippen molar-refractivity contribution in [1.29, 1.82) is 0 Å². The normalized spacial score (nSPS) is 15.5. The van der Waals surface area contributed by atoms with Crippen LogP contribution in [0.3, 0.4) is 0 Å². The molecule has 1 atom stereocenters. The predicted molar refractivity (Wildman–Crippen MR) is 152 cm³/mol. The van der Waals surface area contributed by atoms with Gasteiger partial charge in [0.05, 0.1) is 34.1 Å². The quantitative estimate of drug-likeness (QED) is 0.250. The Kier molecular flexibility index (Phi) is 7.96.